The van der Waals surface area contributed by atoms with Gasteiger partial charge in [0.2, 0.25) is 0 Å². The first-order valence-corrected chi connectivity index (χ1v) is 5.56. The fourth-order valence-electron chi connectivity index (χ4n) is 1.61. The van der Waals surface area contributed by atoms with E-state index < -0.39 is 0 Å². The van der Waals surface area contributed by atoms with Gasteiger partial charge in [-0.25, -0.2) is 4.79 Å². The Morgan fingerprint density at radius 3 is 2.94 bits per heavy atom. The van der Waals surface area contributed by atoms with Crippen molar-refractivity contribution in [3.63, 3.8) is 0 Å². The number of hydrogen-bond donors (Lipinski definition) is 1. The second-order valence-electron chi connectivity index (χ2n) is 3.81. The molecule has 4 nitrogen and oxygen atoms in total. The van der Waals surface area contributed by atoms with Gasteiger partial charge in [0.05, 0.1) is 12.7 Å². The standard InChI is InChI=1S/C13H15N2O2/c14-11-4-1-5-12(10-11)17-9-3-8-15-7-2-6-13(15)16/h1-2,4-7,10H,3,8-9,14H2/q+1. The summed E-state index contributed by atoms with van der Waals surface area (Å²) in [6, 6.07) is 7.32. The van der Waals surface area contributed by atoms with E-state index in [4.69, 9.17) is 10.5 Å². The van der Waals surface area contributed by atoms with Gasteiger partial charge < -0.3 is 10.5 Å². The molecule has 88 valence electrons. The molecule has 17 heavy (non-hydrogen) atoms. The molecule has 1 aromatic carbocycles. The van der Waals surface area contributed by atoms with E-state index in [-0.39, 0.29) is 5.91 Å². The molecule has 0 aliphatic carbocycles. The van der Waals surface area contributed by atoms with Crippen molar-refractivity contribution in [3.05, 3.63) is 36.4 Å². The number of carbonyl (C=O) groups excluding carboxylic acids is 1. The van der Waals surface area contributed by atoms with Crippen LogP contribution in [0.4, 0.5) is 5.69 Å². The van der Waals surface area contributed by atoms with Crippen LogP contribution < -0.4 is 10.5 Å². The molecule has 4 heteroatoms. The molecule has 1 aromatic rings. The van der Waals surface area contributed by atoms with Crippen molar-refractivity contribution in [2.24, 2.45) is 0 Å². The highest BCUT2D eigenvalue weighted by atomic mass is 16.5. The quantitative estimate of drug-likeness (QED) is 0.471. The number of nitrogen functional groups attached to an aromatic ring is 1. The number of benzene rings is 1. The molecule has 1 amide bonds. The van der Waals surface area contributed by atoms with Gasteiger partial charge in [0.15, 0.2) is 12.8 Å². The number of nitrogens with two attached hydrogens (primary N) is 1. The summed E-state index contributed by atoms with van der Waals surface area (Å²) in [6.07, 6.45) is 5.88. The zero-order chi connectivity index (χ0) is 12.1. The van der Waals surface area contributed by atoms with E-state index in [1.54, 1.807) is 29.0 Å². The third-order valence-electron chi connectivity index (χ3n) is 2.46. The van der Waals surface area contributed by atoms with Gasteiger partial charge in [-0.2, -0.15) is 4.58 Å². The van der Waals surface area contributed by atoms with Crippen LogP contribution in [0.3, 0.4) is 0 Å². The number of hydrogen-bond acceptors (Lipinski definition) is 3. The molecule has 1 aliphatic rings. The van der Waals surface area contributed by atoms with Crippen LogP contribution in [0.15, 0.2) is 36.4 Å². The minimum atomic E-state index is 0.0361. The SMILES string of the molecule is Nc1cccc(OCCC[N+]2=CC=CC2=O)c1. The Balaban J connectivity index is 1.72. The zero-order valence-corrected chi connectivity index (χ0v) is 9.50. The van der Waals surface area contributed by atoms with Gasteiger partial charge in [-0.05, 0) is 12.1 Å². The topological polar surface area (TPSA) is 55.3 Å². The van der Waals surface area contributed by atoms with Crippen LogP contribution in [0.1, 0.15) is 6.42 Å². The molecular formula is C13H15N2O2+. The van der Waals surface area contributed by atoms with Gasteiger partial charge in [0.25, 0.3) is 0 Å². The Hall–Kier alpha value is -2.10. The van der Waals surface area contributed by atoms with E-state index in [0.717, 1.165) is 12.2 Å². The second-order valence-corrected chi connectivity index (χ2v) is 3.81. The Morgan fingerprint density at radius 1 is 1.35 bits per heavy atom. The predicted molar refractivity (Wildman–Crippen MR) is 66.3 cm³/mol. The second kappa shape index (κ2) is 5.30. The van der Waals surface area contributed by atoms with E-state index in [2.05, 4.69) is 0 Å². The summed E-state index contributed by atoms with van der Waals surface area (Å²) in [4.78, 5) is 11.2. The smallest absolute Gasteiger partial charge is 0.412 e. The van der Waals surface area contributed by atoms with Crippen molar-refractivity contribution in [1.29, 1.82) is 0 Å². The molecule has 0 atom stereocenters. The van der Waals surface area contributed by atoms with Crippen LogP contribution >= 0.6 is 0 Å². The van der Waals surface area contributed by atoms with Gasteiger partial charge in [-0.15, -0.1) is 0 Å². The highest BCUT2D eigenvalue weighted by molar-refractivity contribution is 5.93. The van der Waals surface area contributed by atoms with Crippen LogP contribution in [0.25, 0.3) is 0 Å². The van der Waals surface area contributed by atoms with Crippen molar-refractivity contribution in [2.45, 2.75) is 6.42 Å². The Labute approximate surface area is 100 Å². The Kier molecular flexibility index (Phi) is 3.55. The molecule has 0 aromatic heterocycles. The lowest BCUT2D eigenvalue weighted by Gasteiger charge is -2.05. The van der Waals surface area contributed by atoms with Gasteiger partial charge in [-0.1, -0.05) is 6.07 Å². The van der Waals surface area contributed by atoms with E-state index in [0.29, 0.717) is 18.8 Å². The summed E-state index contributed by atoms with van der Waals surface area (Å²) in [5, 5.41) is 0. The number of rotatable bonds is 5. The molecule has 0 bridgehead atoms. The minimum absolute atomic E-state index is 0.0361. The lowest BCUT2D eigenvalue weighted by atomic mass is 10.3. The molecule has 2 N–H and O–H groups in total. The van der Waals surface area contributed by atoms with Crippen LogP contribution in [0.2, 0.25) is 0 Å². The van der Waals surface area contributed by atoms with Crippen LogP contribution in [0, 0.1) is 0 Å². The van der Waals surface area contributed by atoms with Crippen molar-refractivity contribution >= 4 is 17.8 Å². The summed E-state index contributed by atoms with van der Waals surface area (Å²) in [7, 11) is 0. The number of allylic oxidation sites excluding steroid dienone is 1. The molecule has 1 aliphatic heterocycles. The van der Waals surface area contributed by atoms with E-state index in [9.17, 15) is 4.79 Å². The number of amides is 1. The normalized spacial score (nSPS) is 13.9. The molecular weight excluding hydrogens is 216 g/mol. The van der Waals surface area contributed by atoms with E-state index in [1.165, 1.54) is 0 Å². The number of anilines is 1. The van der Waals surface area contributed by atoms with Crippen LogP contribution in [0.5, 0.6) is 5.75 Å². The molecule has 0 saturated heterocycles. The number of nitrogens with zero attached hydrogens (tertiary/aromatic N) is 1. The van der Waals surface area contributed by atoms with Crippen molar-refractivity contribution < 1.29 is 14.1 Å². The van der Waals surface area contributed by atoms with E-state index in [1.807, 2.05) is 18.2 Å². The van der Waals surface area contributed by atoms with Crippen molar-refractivity contribution in [2.75, 3.05) is 18.9 Å². The number of ether oxygens (including phenoxy) is 1. The number of carbonyl (C=O) groups is 1. The maximum Gasteiger partial charge on any atom is 0.412 e. The zero-order valence-electron chi connectivity index (χ0n) is 9.50. The molecule has 0 unspecified atom stereocenters. The first-order valence-electron chi connectivity index (χ1n) is 5.56. The van der Waals surface area contributed by atoms with Gasteiger partial charge >= 0.3 is 5.91 Å². The molecule has 0 spiro atoms. The molecule has 0 saturated carbocycles. The Bertz CT molecular complexity index is 478. The van der Waals surface area contributed by atoms with Crippen molar-refractivity contribution in [1.82, 2.24) is 0 Å². The third kappa shape index (κ3) is 3.17. The molecule has 1 heterocycles. The fourth-order valence-corrected chi connectivity index (χ4v) is 1.61. The maximum absolute atomic E-state index is 11.2. The summed E-state index contributed by atoms with van der Waals surface area (Å²) in [5.41, 5.74) is 6.32. The van der Waals surface area contributed by atoms with E-state index >= 15 is 0 Å². The summed E-state index contributed by atoms with van der Waals surface area (Å²) in [6.45, 7) is 1.25. The molecule has 2 rings (SSSR count). The van der Waals surface area contributed by atoms with Gasteiger partial charge in [-0.3, -0.25) is 0 Å². The predicted octanol–water partition coefficient (Wildman–Crippen LogP) is 1.22. The Morgan fingerprint density at radius 2 is 2.24 bits per heavy atom. The first-order chi connectivity index (χ1) is 8.25. The summed E-state index contributed by atoms with van der Waals surface area (Å²) in [5.74, 6) is 0.800. The highest BCUT2D eigenvalue weighted by Gasteiger charge is 2.16. The summed E-state index contributed by atoms with van der Waals surface area (Å²) >= 11 is 0. The van der Waals surface area contributed by atoms with Gasteiger partial charge in [0, 0.05) is 24.3 Å². The average molecular weight is 231 g/mol. The largest absolute Gasteiger partial charge is 0.493 e. The highest BCUT2D eigenvalue weighted by Crippen LogP contribution is 2.14. The fraction of sp³-hybridized carbons (Fsp3) is 0.231. The average Bonchev–Trinajstić information content (AvgIpc) is 2.71. The molecule has 0 fully saturated rings. The van der Waals surface area contributed by atoms with Gasteiger partial charge in [0.1, 0.15) is 5.75 Å². The monoisotopic (exact) mass is 231 g/mol. The van der Waals surface area contributed by atoms with Crippen LogP contribution in [-0.2, 0) is 4.79 Å². The lowest BCUT2D eigenvalue weighted by Crippen LogP contribution is -2.18. The maximum atomic E-state index is 11.2. The summed E-state index contributed by atoms with van der Waals surface area (Å²) < 4.78 is 7.20. The van der Waals surface area contributed by atoms with Crippen LogP contribution in [-0.4, -0.2) is 29.8 Å². The lowest BCUT2D eigenvalue weighted by molar-refractivity contribution is -0.437. The molecule has 0 radical (unpaired) electrons. The van der Waals surface area contributed by atoms with Crippen molar-refractivity contribution in [3.8, 4) is 5.75 Å². The minimum Gasteiger partial charge on any atom is -0.493 e. The first kappa shape index (κ1) is 11.4. The third-order valence-corrected chi connectivity index (χ3v) is 2.46.